The van der Waals surface area contributed by atoms with E-state index in [9.17, 15) is 4.79 Å². The molecule has 128 valence electrons. The summed E-state index contributed by atoms with van der Waals surface area (Å²) in [5.41, 5.74) is 6.10. The molecule has 1 aromatic carbocycles. The first-order valence-corrected chi connectivity index (χ1v) is 8.19. The number of nitrogens with one attached hydrogen (secondary N) is 3. The Kier molecular flexibility index (Phi) is 6.50. The Hall–Kier alpha value is -1.50. The quantitative estimate of drug-likeness (QED) is 0.706. The molecule has 1 saturated heterocycles. The molecule has 1 heterocycles. The summed E-state index contributed by atoms with van der Waals surface area (Å²) >= 11 is 6.14. The number of ether oxygens (including phenoxy) is 2. The van der Waals surface area contributed by atoms with Crippen LogP contribution >= 0.6 is 11.6 Å². The smallest absolute Gasteiger partial charge is 0.238 e. The maximum Gasteiger partial charge on any atom is 0.238 e. The number of hydrazine groups is 1. The van der Waals surface area contributed by atoms with Crippen LogP contribution in [0.15, 0.2) is 18.2 Å². The van der Waals surface area contributed by atoms with Crippen LogP contribution in [0.25, 0.3) is 0 Å². The van der Waals surface area contributed by atoms with Crippen LogP contribution in [-0.2, 0) is 4.79 Å². The second-order valence-corrected chi connectivity index (χ2v) is 6.11. The predicted octanol–water partition coefficient (Wildman–Crippen LogP) is 1.88. The second-order valence-electron chi connectivity index (χ2n) is 5.70. The minimum atomic E-state index is -0.246. The van der Waals surface area contributed by atoms with Gasteiger partial charge in [-0.3, -0.25) is 10.2 Å². The summed E-state index contributed by atoms with van der Waals surface area (Å²) in [6, 6.07) is 5.25. The predicted molar refractivity (Wildman–Crippen MR) is 89.9 cm³/mol. The molecule has 3 N–H and O–H groups in total. The minimum Gasteiger partial charge on any atom is -0.497 e. The standard InChI is InChI=1S/C16H24ClN3O3/c1-4-10(2)18-16(21)14-7-11(19-20-14)9-23-15-6-5-12(22-3)8-13(15)17/h5-6,8,10-11,14,19-20H,4,7,9H2,1-3H3,(H,18,21). The maximum absolute atomic E-state index is 12.1. The zero-order valence-corrected chi connectivity index (χ0v) is 14.4. The van der Waals surface area contributed by atoms with E-state index in [1.807, 2.05) is 13.8 Å². The molecule has 0 bridgehead atoms. The van der Waals surface area contributed by atoms with E-state index in [1.54, 1.807) is 25.3 Å². The van der Waals surface area contributed by atoms with Gasteiger partial charge in [0.15, 0.2) is 0 Å². The molecule has 6 nitrogen and oxygen atoms in total. The second kappa shape index (κ2) is 8.38. The third-order valence-electron chi connectivity index (χ3n) is 3.88. The fourth-order valence-corrected chi connectivity index (χ4v) is 2.49. The van der Waals surface area contributed by atoms with Gasteiger partial charge in [-0.25, -0.2) is 5.43 Å². The van der Waals surface area contributed by atoms with Crippen molar-refractivity contribution in [2.75, 3.05) is 13.7 Å². The molecule has 3 unspecified atom stereocenters. The fraction of sp³-hybridized carbons (Fsp3) is 0.562. The van der Waals surface area contributed by atoms with E-state index in [2.05, 4.69) is 16.2 Å². The number of carbonyl (C=O) groups is 1. The monoisotopic (exact) mass is 341 g/mol. The summed E-state index contributed by atoms with van der Waals surface area (Å²) < 4.78 is 10.8. The molecular weight excluding hydrogens is 318 g/mol. The normalized spacial score (nSPS) is 21.7. The minimum absolute atomic E-state index is 0.0110. The summed E-state index contributed by atoms with van der Waals surface area (Å²) in [5.74, 6) is 1.29. The van der Waals surface area contributed by atoms with Crippen molar-refractivity contribution in [3.63, 3.8) is 0 Å². The van der Waals surface area contributed by atoms with E-state index in [-0.39, 0.29) is 24.0 Å². The average molecular weight is 342 g/mol. The molecule has 0 spiro atoms. The number of hydrogen-bond donors (Lipinski definition) is 3. The topological polar surface area (TPSA) is 71.6 Å². The van der Waals surface area contributed by atoms with Crippen molar-refractivity contribution in [1.82, 2.24) is 16.2 Å². The summed E-state index contributed by atoms with van der Waals surface area (Å²) in [5, 5.41) is 3.47. The van der Waals surface area contributed by atoms with Crippen molar-refractivity contribution in [3.8, 4) is 11.5 Å². The lowest BCUT2D eigenvalue weighted by Gasteiger charge is -2.15. The fourth-order valence-electron chi connectivity index (χ4n) is 2.26. The number of benzene rings is 1. The first kappa shape index (κ1) is 17.8. The number of hydrogen-bond acceptors (Lipinski definition) is 5. The first-order valence-electron chi connectivity index (χ1n) is 7.81. The number of amides is 1. The van der Waals surface area contributed by atoms with Crippen molar-refractivity contribution >= 4 is 17.5 Å². The van der Waals surface area contributed by atoms with Crippen molar-refractivity contribution in [2.45, 2.75) is 44.8 Å². The molecule has 0 aliphatic carbocycles. The van der Waals surface area contributed by atoms with Crippen LogP contribution < -0.4 is 25.6 Å². The Morgan fingerprint density at radius 3 is 2.91 bits per heavy atom. The molecule has 1 aromatic rings. The van der Waals surface area contributed by atoms with Crippen LogP contribution in [0.3, 0.4) is 0 Å². The highest BCUT2D eigenvalue weighted by atomic mass is 35.5. The Balaban J connectivity index is 1.81. The largest absolute Gasteiger partial charge is 0.497 e. The maximum atomic E-state index is 12.1. The molecule has 23 heavy (non-hydrogen) atoms. The Bertz CT molecular complexity index is 541. The molecule has 0 radical (unpaired) electrons. The molecule has 0 aromatic heterocycles. The lowest BCUT2D eigenvalue weighted by atomic mass is 10.1. The first-order chi connectivity index (χ1) is 11.0. The van der Waals surface area contributed by atoms with Gasteiger partial charge < -0.3 is 14.8 Å². The van der Waals surface area contributed by atoms with Crippen molar-refractivity contribution in [1.29, 1.82) is 0 Å². The van der Waals surface area contributed by atoms with Gasteiger partial charge in [-0.1, -0.05) is 18.5 Å². The molecule has 1 fully saturated rings. The number of methoxy groups -OCH3 is 1. The summed E-state index contributed by atoms with van der Waals surface area (Å²) in [6.45, 7) is 4.46. The van der Waals surface area contributed by atoms with Crippen LogP contribution in [0.5, 0.6) is 11.5 Å². The van der Waals surface area contributed by atoms with Crippen LogP contribution in [0.2, 0.25) is 5.02 Å². The van der Waals surface area contributed by atoms with Gasteiger partial charge >= 0.3 is 0 Å². The molecule has 3 atom stereocenters. The highest BCUT2D eigenvalue weighted by Gasteiger charge is 2.30. The third-order valence-corrected chi connectivity index (χ3v) is 4.17. The van der Waals surface area contributed by atoms with Crippen LogP contribution in [0, 0.1) is 0 Å². The van der Waals surface area contributed by atoms with E-state index in [0.717, 1.165) is 6.42 Å². The highest BCUT2D eigenvalue weighted by molar-refractivity contribution is 6.32. The van der Waals surface area contributed by atoms with Gasteiger partial charge in [0.05, 0.1) is 18.2 Å². The summed E-state index contributed by atoms with van der Waals surface area (Å²) in [4.78, 5) is 12.1. The van der Waals surface area contributed by atoms with E-state index in [1.165, 1.54) is 0 Å². The molecule has 1 aliphatic heterocycles. The van der Waals surface area contributed by atoms with Gasteiger partial charge in [0, 0.05) is 12.1 Å². The molecule has 7 heteroatoms. The molecule has 2 rings (SSSR count). The van der Waals surface area contributed by atoms with Crippen LogP contribution in [0.1, 0.15) is 26.7 Å². The third kappa shape index (κ3) is 4.99. The summed E-state index contributed by atoms with van der Waals surface area (Å²) in [7, 11) is 1.59. The lowest BCUT2D eigenvalue weighted by molar-refractivity contribution is -0.123. The summed E-state index contributed by atoms with van der Waals surface area (Å²) in [6.07, 6.45) is 1.57. The van der Waals surface area contributed by atoms with E-state index in [4.69, 9.17) is 21.1 Å². The Morgan fingerprint density at radius 1 is 1.48 bits per heavy atom. The number of rotatable bonds is 7. The molecule has 1 amide bonds. The van der Waals surface area contributed by atoms with Crippen molar-refractivity contribution < 1.29 is 14.3 Å². The number of halogens is 1. The van der Waals surface area contributed by atoms with Gasteiger partial charge in [-0.2, -0.15) is 0 Å². The van der Waals surface area contributed by atoms with Gasteiger partial charge in [-0.05, 0) is 31.9 Å². The van der Waals surface area contributed by atoms with Crippen LogP contribution in [0.4, 0.5) is 0 Å². The number of carbonyl (C=O) groups excluding carboxylic acids is 1. The highest BCUT2D eigenvalue weighted by Crippen LogP contribution is 2.28. The molecule has 0 saturated carbocycles. The lowest BCUT2D eigenvalue weighted by Crippen LogP contribution is -2.46. The van der Waals surface area contributed by atoms with E-state index >= 15 is 0 Å². The van der Waals surface area contributed by atoms with Crippen LogP contribution in [-0.4, -0.2) is 37.7 Å². The van der Waals surface area contributed by atoms with E-state index < -0.39 is 0 Å². The zero-order chi connectivity index (χ0) is 16.8. The molecular formula is C16H24ClN3O3. The average Bonchev–Trinajstić information content (AvgIpc) is 3.02. The molecule has 1 aliphatic rings. The van der Waals surface area contributed by atoms with Crippen molar-refractivity contribution in [2.24, 2.45) is 0 Å². The van der Waals surface area contributed by atoms with Gasteiger partial charge in [-0.15, -0.1) is 0 Å². The van der Waals surface area contributed by atoms with Gasteiger partial charge in [0.2, 0.25) is 5.91 Å². The Labute approximate surface area is 141 Å². The van der Waals surface area contributed by atoms with Gasteiger partial charge in [0.25, 0.3) is 0 Å². The zero-order valence-electron chi connectivity index (χ0n) is 13.7. The van der Waals surface area contributed by atoms with E-state index in [0.29, 0.717) is 29.5 Å². The van der Waals surface area contributed by atoms with Gasteiger partial charge in [0.1, 0.15) is 24.1 Å². The SMILES string of the molecule is CCC(C)NC(=O)C1CC(COc2ccc(OC)cc2Cl)NN1. The van der Waals surface area contributed by atoms with Crippen molar-refractivity contribution in [3.05, 3.63) is 23.2 Å². The Morgan fingerprint density at radius 2 is 2.26 bits per heavy atom.